The topological polar surface area (TPSA) is 38.8 Å². The largest absolute Gasteiger partial charge is 0.493 e. The van der Waals surface area contributed by atoms with E-state index in [2.05, 4.69) is 18.7 Å². The second kappa shape index (κ2) is 7.46. The van der Waals surface area contributed by atoms with Crippen molar-refractivity contribution in [1.29, 1.82) is 0 Å². The molecule has 1 heterocycles. The van der Waals surface area contributed by atoms with Gasteiger partial charge in [0.1, 0.15) is 12.9 Å². The molecule has 1 aliphatic rings. The fraction of sp³-hybridized carbons (Fsp3) is 0.588. The third-order valence-corrected chi connectivity index (χ3v) is 4.31. The maximum absolute atomic E-state index is 10.8. The van der Waals surface area contributed by atoms with Crippen molar-refractivity contribution >= 4 is 6.29 Å². The Morgan fingerprint density at radius 1 is 1.24 bits per heavy atom. The molecule has 0 bridgehead atoms. The van der Waals surface area contributed by atoms with Gasteiger partial charge in [-0.15, -0.1) is 0 Å². The van der Waals surface area contributed by atoms with Crippen LogP contribution in [0.25, 0.3) is 0 Å². The van der Waals surface area contributed by atoms with Crippen molar-refractivity contribution < 1.29 is 14.3 Å². The second-order valence-electron chi connectivity index (χ2n) is 5.74. The van der Waals surface area contributed by atoms with Gasteiger partial charge in [-0.1, -0.05) is 6.42 Å². The van der Waals surface area contributed by atoms with Gasteiger partial charge < -0.3 is 9.47 Å². The van der Waals surface area contributed by atoms with Gasteiger partial charge >= 0.3 is 0 Å². The highest BCUT2D eigenvalue weighted by Crippen LogP contribution is 2.28. The molecule has 21 heavy (non-hydrogen) atoms. The van der Waals surface area contributed by atoms with Crippen molar-refractivity contribution in [2.75, 3.05) is 20.3 Å². The molecule has 1 aromatic rings. The van der Waals surface area contributed by atoms with E-state index in [9.17, 15) is 4.79 Å². The van der Waals surface area contributed by atoms with Crippen LogP contribution in [-0.4, -0.2) is 43.5 Å². The third-order valence-electron chi connectivity index (χ3n) is 4.31. The highest BCUT2D eigenvalue weighted by Gasteiger charge is 2.24. The van der Waals surface area contributed by atoms with Crippen LogP contribution in [-0.2, 0) is 0 Å². The van der Waals surface area contributed by atoms with E-state index in [-0.39, 0.29) is 0 Å². The predicted molar refractivity (Wildman–Crippen MR) is 83.4 cm³/mol. The van der Waals surface area contributed by atoms with E-state index in [1.807, 2.05) is 0 Å². The molecule has 2 rings (SSSR count). The lowest BCUT2D eigenvalue weighted by molar-refractivity contribution is 0.0845. The van der Waals surface area contributed by atoms with E-state index < -0.39 is 0 Å². The Balaban J connectivity index is 1.92. The summed E-state index contributed by atoms with van der Waals surface area (Å²) in [5.41, 5.74) is 0.595. The van der Waals surface area contributed by atoms with Crippen molar-refractivity contribution in [3.63, 3.8) is 0 Å². The molecule has 1 saturated heterocycles. The number of likely N-dealkylation sites (tertiary alicyclic amines) is 1. The van der Waals surface area contributed by atoms with E-state index >= 15 is 0 Å². The lowest BCUT2D eigenvalue weighted by atomic mass is 9.98. The summed E-state index contributed by atoms with van der Waals surface area (Å²) in [6, 6.07) is 6.49. The van der Waals surface area contributed by atoms with E-state index in [4.69, 9.17) is 9.47 Å². The molecule has 0 aromatic heterocycles. The van der Waals surface area contributed by atoms with E-state index in [1.165, 1.54) is 19.3 Å². The van der Waals surface area contributed by atoms with Crippen molar-refractivity contribution in [3.8, 4) is 11.5 Å². The molecule has 0 saturated carbocycles. The Morgan fingerprint density at radius 3 is 2.57 bits per heavy atom. The molecule has 1 aliphatic heterocycles. The molecule has 1 aromatic carbocycles. The molecule has 0 aliphatic carbocycles. The van der Waals surface area contributed by atoms with Crippen LogP contribution < -0.4 is 9.47 Å². The first kappa shape index (κ1) is 15.8. The fourth-order valence-corrected chi connectivity index (χ4v) is 3.05. The Morgan fingerprint density at radius 2 is 1.95 bits per heavy atom. The monoisotopic (exact) mass is 291 g/mol. The summed E-state index contributed by atoms with van der Waals surface area (Å²) in [6.45, 7) is 6.12. The maximum atomic E-state index is 10.8. The minimum atomic E-state index is 0.595. The highest BCUT2D eigenvalue weighted by molar-refractivity contribution is 5.76. The summed E-state index contributed by atoms with van der Waals surface area (Å²) in [6.07, 6.45) is 4.66. The summed E-state index contributed by atoms with van der Waals surface area (Å²) in [5, 5.41) is 0. The highest BCUT2D eigenvalue weighted by atomic mass is 16.5. The molecule has 1 fully saturated rings. The first-order chi connectivity index (χ1) is 10.2. The van der Waals surface area contributed by atoms with Crippen LogP contribution in [0.5, 0.6) is 11.5 Å². The van der Waals surface area contributed by atoms with Gasteiger partial charge in [-0.2, -0.15) is 0 Å². The van der Waals surface area contributed by atoms with Gasteiger partial charge in [-0.3, -0.25) is 9.69 Å². The minimum absolute atomic E-state index is 0.595. The standard InChI is InChI=1S/C17H25NO3/c1-13-5-4-6-14(2)18(13)9-10-21-16-8-7-15(12-19)11-17(16)20-3/h7-8,11-14H,4-6,9-10H2,1-3H3. The number of hydrogen-bond donors (Lipinski definition) is 0. The Hall–Kier alpha value is -1.55. The zero-order valence-corrected chi connectivity index (χ0v) is 13.2. The van der Waals surface area contributed by atoms with E-state index in [0.29, 0.717) is 35.8 Å². The van der Waals surface area contributed by atoms with Gasteiger partial charge in [0.05, 0.1) is 7.11 Å². The summed E-state index contributed by atoms with van der Waals surface area (Å²) in [5.74, 6) is 1.31. The number of hydrogen-bond acceptors (Lipinski definition) is 4. The van der Waals surface area contributed by atoms with Gasteiger partial charge in [0, 0.05) is 24.2 Å². The van der Waals surface area contributed by atoms with Crippen molar-refractivity contribution in [1.82, 2.24) is 4.90 Å². The number of aldehydes is 1. The zero-order valence-electron chi connectivity index (χ0n) is 13.2. The maximum Gasteiger partial charge on any atom is 0.161 e. The van der Waals surface area contributed by atoms with Gasteiger partial charge in [0.15, 0.2) is 11.5 Å². The van der Waals surface area contributed by atoms with Crippen LogP contribution in [0.3, 0.4) is 0 Å². The minimum Gasteiger partial charge on any atom is -0.493 e. The lowest BCUT2D eigenvalue weighted by Crippen LogP contribution is -2.45. The molecule has 0 N–H and O–H groups in total. The van der Waals surface area contributed by atoms with Gasteiger partial charge in [0.25, 0.3) is 0 Å². The van der Waals surface area contributed by atoms with Crippen LogP contribution in [0.15, 0.2) is 18.2 Å². The molecular formula is C17H25NO3. The van der Waals surface area contributed by atoms with Crippen molar-refractivity contribution in [3.05, 3.63) is 23.8 Å². The molecule has 0 spiro atoms. The van der Waals surface area contributed by atoms with Crippen LogP contribution in [0.2, 0.25) is 0 Å². The van der Waals surface area contributed by atoms with Gasteiger partial charge in [-0.25, -0.2) is 0 Å². The quantitative estimate of drug-likeness (QED) is 0.755. The number of ether oxygens (including phenoxy) is 2. The molecule has 4 heteroatoms. The Labute approximate surface area is 127 Å². The number of carbonyl (C=O) groups is 1. The molecular weight excluding hydrogens is 266 g/mol. The van der Waals surface area contributed by atoms with Gasteiger partial charge in [0.2, 0.25) is 0 Å². The van der Waals surface area contributed by atoms with Crippen LogP contribution in [0.1, 0.15) is 43.5 Å². The van der Waals surface area contributed by atoms with Crippen LogP contribution >= 0.6 is 0 Å². The second-order valence-corrected chi connectivity index (χ2v) is 5.74. The number of piperidine rings is 1. The van der Waals surface area contributed by atoms with Gasteiger partial charge in [-0.05, 0) is 44.9 Å². The van der Waals surface area contributed by atoms with Crippen LogP contribution in [0, 0.1) is 0 Å². The lowest BCUT2D eigenvalue weighted by Gasteiger charge is -2.38. The van der Waals surface area contributed by atoms with Crippen molar-refractivity contribution in [2.24, 2.45) is 0 Å². The molecule has 4 nitrogen and oxygen atoms in total. The molecule has 0 radical (unpaired) electrons. The number of nitrogens with zero attached hydrogens (tertiary/aromatic N) is 1. The first-order valence-corrected chi connectivity index (χ1v) is 7.67. The first-order valence-electron chi connectivity index (χ1n) is 7.67. The van der Waals surface area contributed by atoms with Crippen molar-refractivity contribution in [2.45, 2.75) is 45.2 Å². The average molecular weight is 291 g/mol. The summed E-state index contributed by atoms with van der Waals surface area (Å²) in [4.78, 5) is 13.3. The summed E-state index contributed by atoms with van der Waals surface area (Å²) >= 11 is 0. The number of carbonyl (C=O) groups excluding carboxylic acids is 1. The van der Waals surface area contributed by atoms with E-state index in [1.54, 1.807) is 25.3 Å². The molecule has 2 unspecified atom stereocenters. The Kier molecular flexibility index (Phi) is 5.62. The van der Waals surface area contributed by atoms with E-state index in [0.717, 1.165) is 12.8 Å². The Bertz CT molecular complexity index is 465. The number of rotatable bonds is 6. The smallest absolute Gasteiger partial charge is 0.161 e. The fourth-order valence-electron chi connectivity index (χ4n) is 3.05. The number of methoxy groups -OCH3 is 1. The summed E-state index contributed by atoms with van der Waals surface area (Å²) < 4.78 is 11.1. The third kappa shape index (κ3) is 3.97. The molecule has 116 valence electrons. The van der Waals surface area contributed by atoms with Crippen LogP contribution in [0.4, 0.5) is 0 Å². The normalized spacial score (nSPS) is 22.8. The predicted octanol–water partition coefficient (Wildman–Crippen LogP) is 3.15. The zero-order chi connectivity index (χ0) is 15.2. The SMILES string of the molecule is COc1cc(C=O)ccc1OCCN1C(C)CCCC1C. The average Bonchev–Trinajstić information content (AvgIpc) is 2.50. The number of benzene rings is 1. The molecule has 0 amide bonds. The summed E-state index contributed by atoms with van der Waals surface area (Å²) in [7, 11) is 1.59. The molecule has 2 atom stereocenters.